The lowest BCUT2D eigenvalue weighted by Crippen LogP contribution is -2.47. The first-order valence-electron chi connectivity index (χ1n) is 10.1. The molecule has 5 nitrogen and oxygen atoms in total. The maximum absolute atomic E-state index is 12.4. The predicted molar refractivity (Wildman–Crippen MR) is 115 cm³/mol. The number of anilines is 1. The summed E-state index contributed by atoms with van der Waals surface area (Å²) in [7, 11) is 0. The minimum atomic E-state index is -2.90. The number of amides is 1. The van der Waals surface area contributed by atoms with Crippen molar-refractivity contribution in [2.45, 2.75) is 13.0 Å². The van der Waals surface area contributed by atoms with Gasteiger partial charge in [-0.25, -0.2) is 0 Å². The molecular weight excluding hydrogens is 388 g/mol. The van der Waals surface area contributed by atoms with Gasteiger partial charge >= 0.3 is 6.61 Å². The van der Waals surface area contributed by atoms with Gasteiger partial charge in [0.25, 0.3) is 0 Å². The van der Waals surface area contributed by atoms with Crippen LogP contribution in [0.3, 0.4) is 0 Å². The van der Waals surface area contributed by atoms with E-state index in [4.69, 9.17) is 0 Å². The highest BCUT2D eigenvalue weighted by Gasteiger charge is 2.16. The zero-order chi connectivity index (χ0) is 21.2. The largest absolute Gasteiger partial charge is 0.434 e. The summed E-state index contributed by atoms with van der Waals surface area (Å²) in [6.07, 6.45) is 3.68. The van der Waals surface area contributed by atoms with Gasteiger partial charge in [-0.05, 0) is 37.2 Å². The van der Waals surface area contributed by atoms with E-state index in [1.165, 1.54) is 23.9 Å². The fraction of sp³-hybridized carbons (Fsp3) is 0.348. The number of carbonyl (C=O) groups excluding carboxylic acids is 1. The molecule has 3 rings (SSSR count). The van der Waals surface area contributed by atoms with Crippen molar-refractivity contribution in [3.8, 4) is 5.75 Å². The lowest BCUT2D eigenvalue weighted by atomic mass is 10.2. The summed E-state index contributed by atoms with van der Waals surface area (Å²) < 4.78 is 29.3. The molecular formula is C23H27F2N3O2. The van der Waals surface area contributed by atoms with Crippen molar-refractivity contribution in [3.05, 3.63) is 66.2 Å². The summed E-state index contributed by atoms with van der Waals surface area (Å²) in [4.78, 5) is 16.8. The second kappa shape index (κ2) is 11.3. The smallest absolute Gasteiger partial charge is 0.387 e. The topological polar surface area (TPSA) is 44.8 Å². The highest BCUT2D eigenvalue weighted by atomic mass is 19.3. The van der Waals surface area contributed by atoms with Gasteiger partial charge in [-0.2, -0.15) is 8.78 Å². The third-order valence-electron chi connectivity index (χ3n) is 4.99. The molecule has 1 fully saturated rings. The molecule has 2 aromatic carbocycles. The van der Waals surface area contributed by atoms with E-state index in [0.717, 1.165) is 39.1 Å². The Morgan fingerprint density at radius 1 is 1.03 bits per heavy atom. The maximum atomic E-state index is 12.4. The quantitative estimate of drug-likeness (QED) is 0.502. The van der Waals surface area contributed by atoms with Crippen LogP contribution >= 0.6 is 0 Å². The molecule has 1 amide bonds. The van der Waals surface area contributed by atoms with Crippen LogP contribution in [0.2, 0.25) is 0 Å². The van der Waals surface area contributed by atoms with E-state index in [2.05, 4.69) is 44.1 Å². The molecule has 1 aliphatic heterocycles. The van der Waals surface area contributed by atoms with E-state index < -0.39 is 6.61 Å². The SMILES string of the molecule is O=C(/C=C/c1ccccc1OC(F)F)NCCCN1CCN(c2ccccc2)CC1. The number of ether oxygens (including phenoxy) is 1. The van der Waals surface area contributed by atoms with Crippen LogP contribution in [-0.4, -0.2) is 56.7 Å². The summed E-state index contributed by atoms with van der Waals surface area (Å²) in [6.45, 7) is 2.60. The fourth-order valence-electron chi connectivity index (χ4n) is 3.43. The molecule has 0 unspecified atom stereocenters. The molecule has 0 atom stereocenters. The van der Waals surface area contributed by atoms with Crippen molar-refractivity contribution in [2.24, 2.45) is 0 Å². The summed E-state index contributed by atoms with van der Waals surface area (Å²) in [6, 6.07) is 16.8. The van der Waals surface area contributed by atoms with Crippen LogP contribution in [0.5, 0.6) is 5.75 Å². The Kier molecular flexibility index (Phi) is 8.20. The minimum absolute atomic E-state index is 0.0474. The Balaban J connectivity index is 1.34. The molecule has 1 heterocycles. The number of piperazine rings is 1. The Hall–Kier alpha value is -2.93. The van der Waals surface area contributed by atoms with E-state index in [-0.39, 0.29) is 11.7 Å². The molecule has 1 aliphatic rings. The van der Waals surface area contributed by atoms with Gasteiger partial charge in [-0.1, -0.05) is 36.4 Å². The van der Waals surface area contributed by atoms with Crippen molar-refractivity contribution in [2.75, 3.05) is 44.2 Å². The van der Waals surface area contributed by atoms with Gasteiger partial charge in [0.1, 0.15) is 5.75 Å². The summed E-state index contributed by atoms with van der Waals surface area (Å²) >= 11 is 0. The van der Waals surface area contributed by atoms with Crippen molar-refractivity contribution in [1.29, 1.82) is 0 Å². The monoisotopic (exact) mass is 415 g/mol. The molecule has 0 spiro atoms. The third-order valence-corrected chi connectivity index (χ3v) is 4.99. The maximum Gasteiger partial charge on any atom is 0.387 e. The van der Waals surface area contributed by atoms with Crippen molar-refractivity contribution >= 4 is 17.7 Å². The number of nitrogens with one attached hydrogen (secondary N) is 1. The van der Waals surface area contributed by atoms with Crippen LogP contribution in [0.15, 0.2) is 60.7 Å². The highest BCUT2D eigenvalue weighted by Crippen LogP contribution is 2.21. The van der Waals surface area contributed by atoms with Crippen LogP contribution in [0.4, 0.5) is 14.5 Å². The zero-order valence-corrected chi connectivity index (χ0v) is 16.8. The molecule has 160 valence electrons. The van der Waals surface area contributed by atoms with E-state index in [9.17, 15) is 13.6 Å². The van der Waals surface area contributed by atoms with Gasteiger partial charge in [-0.3, -0.25) is 9.69 Å². The molecule has 7 heteroatoms. The summed E-state index contributed by atoms with van der Waals surface area (Å²) in [5.74, 6) is -0.207. The van der Waals surface area contributed by atoms with Gasteiger partial charge < -0.3 is 15.0 Å². The van der Waals surface area contributed by atoms with Crippen molar-refractivity contribution in [3.63, 3.8) is 0 Å². The first kappa shape index (κ1) is 21.8. The highest BCUT2D eigenvalue weighted by molar-refractivity contribution is 5.92. The van der Waals surface area contributed by atoms with Gasteiger partial charge in [-0.15, -0.1) is 0 Å². The van der Waals surface area contributed by atoms with E-state index in [0.29, 0.717) is 12.1 Å². The Bertz CT molecular complexity index is 822. The van der Waals surface area contributed by atoms with Gasteiger partial charge in [0.05, 0.1) is 0 Å². The number of alkyl halides is 2. The molecule has 2 aromatic rings. The number of hydrogen-bond donors (Lipinski definition) is 1. The predicted octanol–water partition coefficient (Wildman–Crippen LogP) is 3.63. The Morgan fingerprint density at radius 2 is 1.73 bits per heavy atom. The molecule has 0 aromatic heterocycles. The molecule has 0 radical (unpaired) electrons. The second-order valence-corrected chi connectivity index (χ2v) is 7.06. The molecule has 1 N–H and O–H groups in total. The van der Waals surface area contributed by atoms with Crippen molar-refractivity contribution in [1.82, 2.24) is 10.2 Å². The summed E-state index contributed by atoms with van der Waals surface area (Å²) in [5, 5.41) is 2.84. The van der Waals surface area contributed by atoms with Crippen LogP contribution < -0.4 is 15.0 Å². The van der Waals surface area contributed by atoms with E-state index in [1.807, 2.05) is 6.07 Å². The average molecular weight is 415 g/mol. The number of para-hydroxylation sites is 2. The lowest BCUT2D eigenvalue weighted by Gasteiger charge is -2.36. The second-order valence-electron chi connectivity index (χ2n) is 7.06. The van der Waals surface area contributed by atoms with Crippen LogP contribution in [0.1, 0.15) is 12.0 Å². The van der Waals surface area contributed by atoms with Crippen LogP contribution in [0, 0.1) is 0 Å². The normalized spacial score (nSPS) is 15.0. The van der Waals surface area contributed by atoms with E-state index in [1.54, 1.807) is 18.2 Å². The van der Waals surface area contributed by atoms with Crippen molar-refractivity contribution < 1.29 is 18.3 Å². The van der Waals surface area contributed by atoms with Gasteiger partial charge in [0, 0.05) is 50.1 Å². The first-order valence-corrected chi connectivity index (χ1v) is 10.1. The number of halogens is 2. The van der Waals surface area contributed by atoms with Crippen LogP contribution in [0.25, 0.3) is 6.08 Å². The molecule has 0 aliphatic carbocycles. The number of benzene rings is 2. The molecule has 30 heavy (non-hydrogen) atoms. The molecule has 1 saturated heterocycles. The van der Waals surface area contributed by atoms with Crippen LogP contribution in [-0.2, 0) is 4.79 Å². The number of carbonyl (C=O) groups is 1. The fourth-order valence-corrected chi connectivity index (χ4v) is 3.43. The van der Waals surface area contributed by atoms with E-state index >= 15 is 0 Å². The summed E-state index contributed by atoms with van der Waals surface area (Å²) in [5.41, 5.74) is 1.70. The minimum Gasteiger partial charge on any atom is -0.434 e. The molecule has 0 saturated carbocycles. The van der Waals surface area contributed by atoms with Gasteiger partial charge in [0.15, 0.2) is 0 Å². The number of nitrogens with zero attached hydrogens (tertiary/aromatic N) is 2. The third kappa shape index (κ3) is 6.84. The number of hydrogen-bond acceptors (Lipinski definition) is 4. The Morgan fingerprint density at radius 3 is 2.47 bits per heavy atom. The zero-order valence-electron chi connectivity index (χ0n) is 16.8. The standard InChI is InChI=1S/C23H27F2N3O2/c24-23(25)30-21-10-5-4-7-19(21)11-12-22(29)26-13-6-14-27-15-17-28(18-16-27)20-8-2-1-3-9-20/h1-5,7-12,23H,6,13-18H2,(H,26,29)/b12-11+. The average Bonchev–Trinajstić information content (AvgIpc) is 2.77. The molecule has 0 bridgehead atoms. The first-order chi connectivity index (χ1) is 14.6. The lowest BCUT2D eigenvalue weighted by molar-refractivity contribution is -0.116. The number of rotatable bonds is 9. The Labute approximate surface area is 175 Å². The van der Waals surface area contributed by atoms with Gasteiger partial charge in [0.2, 0.25) is 5.91 Å².